The van der Waals surface area contributed by atoms with Gasteiger partial charge in [0.15, 0.2) is 0 Å². The molecule has 2 aromatic rings. The maximum Gasteiger partial charge on any atom is 0.114 e. The van der Waals surface area contributed by atoms with Crippen molar-refractivity contribution in [2.24, 2.45) is 5.92 Å². The smallest absolute Gasteiger partial charge is 0.114 e. The Kier molecular flexibility index (Phi) is 8.61. The molecule has 2 unspecified atom stereocenters. The van der Waals surface area contributed by atoms with Gasteiger partial charge in [0.2, 0.25) is 0 Å². The lowest BCUT2D eigenvalue weighted by atomic mass is 9.95. The Bertz CT molecular complexity index is 820. The summed E-state index contributed by atoms with van der Waals surface area (Å²) in [6, 6.07) is 12.8. The van der Waals surface area contributed by atoms with Gasteiger partial charge in [0, 0.05) is 20.3 Å². The van der Waals surface area contributed by atoms with Gasteiger partial charge in [-0.2, -0.15) is 0 Å². The number of rotatable bonds is 7. The lowest BCUT2D eigenvalue weighted by Gasteiger charge is -2.25. The van der Waals surface area contributed by atoms with Gasteiger partial charge in [-0.15, -0.1) is 23.5 Å². The lowest BCUT2D eigenvalue weighted by Crippen LogP contribution is -2.41. The predicted molar refractivity (Wildman–Crippen MR) is 137 cm³/mol. The number of hydrogen-bond acceptors (Lipinski definition) is 6. The highest BCUT2D eigenvalue weighted by atomic mass is 32.2. The van der Waals surface area contributed by atoms with E-state index in [0.29, 0.717) is 10.00 Å². The van der Waals surface area contributed by atoms with Gasteiger partial charge in [0.25, 0.3) is 0 Å². The third kappa shape index (κ3) is 7.29. The van der Waals surface area contributed by atoms with Crippen LogP contribution >= 0.6 is 23.5 Å². The van der Waals surface area contributed by atoms with Crippen molar-refractivity contribution in [2.75, 3.05) is 26.5 Å². The minimum absolute atomic E-state index is 0. The highest BCUT2D eigenvalue weighted by Gasteiger charge is 2.33. The summed E-state index contributed by atoms with van der Waals surface area (Å²) in [5.41, 5.74) is 2.18. The van der Waals surface area contributed by atoms with Crippen molar-refractivity contribution in [1.29, 1.82) is 0 Å². The van der Waals surface area contributed by atoms with E-state index in [2.05, 4.69) is 67.5 Å². The SMILES string of the molecule is CCc1ccc(CSC2(C)CN(C)CS2)o1.CNC(C)(O)CC1Cc2ccccc2C1.[HH]. The number of hydrogen-bond donors (Lipinski definition) is 2. The molecular weight excluding hydrogens is 424 g/mol. The molecule has 2 aliphatic rings. The highest BCUT2D eigenvalue weighted by Crippen LogP contribution is 2.43. The molecule has 0 bridgehead atoms. The molecule has 0 spiro atoms. The van der Waals surface area contributed by atoms with Crippen molar-refractivity contribution >= 4 is 23.5 Å². The Morgan fingerprint density at radius 2 is 1.90 bits per heavy atom. The number of nitrogens with zero attached hydrogens (tertiary/aromatic N) is 1. The van der Waals surface area contributed by atoms with Crippen molar-refractivity contribution < 1.29 is 11.0 Å². The summed E-state index contributed by atoms with van der Waals surface area (Å²) in [6.07, 6.45) is 4.01. The predicted octanol–water partition coefficient (Wildman–Crippen LogP) is 5.39. The van der Waals surface area contributed by atoms with Crippen LogP contribution < -0.4 is 5.32 Å². The summed E-state index contributed by atoms with van der Waals surface area (Å²) in [6.45, 7) is 7.45. The van der Waals surface area contributed by atoms with E-state index in [0.717, 1.165) is 55.4 Å². The first-order valence-electron chi connectivity index (χ1n) is 11.2. The van der Waals surface area contributed by atoms with Crippen molar-refractivity contribution in [1.82, 2.24) is 10.2 Å². The summed E-state index contributed by atoms with van der Waals surface area (Å²) < 4.78 is 6.05. The minimum atomic E-state index is -0.729. The van der Waals surface area contributed by atoms with Crippen molar-refractivity contribution in [3.05, 3.63) is 59.0 Å². The van der Waals surface area contributed by atoms with Gasteiger partial charge in [0.1, 0.15) is 17.2 Å². The molecule has 1 aliphatic heterocycles. The second kappa shape index (κ2) is 10.8. The Balaban J connectivity index is 0.000000220. The molecule has 1 aromatic heterocycles. The van der Waals surface area contributed by atoms with Crippen LogP contribution in [0.5, 0.6) is 0 Å². The van der Waals surface area contributed by atoms with Gasteiger partial charge in [-0.25, -0.2) is 0 Å². The molecule has 0 saturated carbocycles. The van der Waals surface area contributed by atoms with Gasteiger partial charge in [-0.3, -0.25) is 10.2 Å². The lowest BCUT2D eigenvalue weighted by molar-refractivity contribution is 0.00884. The molecule has 1 aromatic carbocycles. The first-order valence-corrected chi connectivity index (χ1v) is 13.2. The normalized spacial score (nSPS) is 23.3. The van der Waals surface area contributed by atoms with Crippen molar-refractivity contribution in [2.45, 2.75) is 62.0 Å². The zero-order valence-corrected chi connectivity index (χ0v) is 21.2. The minimum Gasteiger partial charge on any atom is -0.465 e. The molecule has 4 nitrogen and oxygen atoms in total. The van der Waals surface area contributed by atoms with Gasteiger partial charge in [-0.05, 0) is 76.4 Å². The van der Waals surface area contributed by atoms with E-state index in [9.17, 15) is 5.11 Å². The average Bonchev–Trinajstić information content (AvgIpc) is 3.45. The molecule has 2 N–H and O–H groups in total. The Labute approximate surface area is 198 Å². The number of fused-ring (bicyclic) bond motifs is 1. The average molecular weight is 465 g/mol. The van der Waals surface area contributed by atoms with Gasteiger partial charge in [-0.1, -0.05) is 31.2 Å². The number of aliphatic hydroxyl groups is 1. The van der Waals surface area contributed by atoms with Crippen LogP contribution in [-0.4, -0.2) is 46.3 Å². The van der Waals surface area contributed by atoms with E-state index >= 15 is 0 Å². The monoisotopic (exact) mass is 464 g/mol. The highest BCUT2D eigenvalue weighted by molar-refractivity contribution is 8.18. The third-order valence-electron chi connectivity index (χ3n) is 6.09. The molecular formula is C25H40N2O2S2. The van der Waals surface area contributed by atoms with Crippen LogP contribution in [0.1, 0.15) is 51.3 Å². The number of aryl methyl sites for hydroxylation is 1. The van der Waals surface area contributed by atoms with E-state index in [-0.39, 0.29) is 1.43 Å². The number of benzene rings is 1. The van der Waals surface area contributed by atoms with Crippen LogP contribution in [0.25, 0.3) is 0 Å². The van der Waals surface area contributed by atoms with Crippen LogP contribution in [-0.2, 0) is 25.0 Å². The van der Waals surface area contributed by atoms with Crippen LogP contribution in [0.4, 0.5) is 0 Å². The molecule has 1 aliphatic carbocycles. The molecule has 0 amide bonds. The largest absolute Gasteiger partial charge is 0.465 e. The van der Waals surface area contributed by atoms with Crippen LogP contribution in [0.15, 0.2) is 40.8 Å². The van der Waals surface area contributed by atoms with Crippen LogP contribution in [0.2, 0.25) is 0 Å². The zero-order chi connectivity index (χ0) is 22.5. The molecule has 1 fully saturated rings. The summed E-state index contributed by atoms with van der Waals surface area (Å²) >= 11 is 4.03. The Morgan fingerprint density at radius 3 is 2.42 bits per heavy atom. The maximum atomic E-state index is 9.95. The molecule has 0 radical (unpaired) electrons. The zero-order valence-electron chi connectivity index (χ0n) is 19.6. The molecule has 31 heavy (non-hydrogen) atoms. The second-order valence-corrected chi connectivity index (χ2v) is 12.4. The molecule has 1 saturated heterocycles. The maximum absolute atomic E-state index is 9.95. The third-order valence-corrected chi connectivity index (χ3v) is 9.28. The van der Waals surface area contributed by atoms with Crippen LogP contribution in [0, 0.1) is 5.92 Å². The molecule has 174 valence electrons. The number of furan rings is 1. The first-order chi connectivity index (χ1) is 14.7. The molecule has 4 rings (SSSR count). The fraction of sp³-hybridized carbons (Fsp3) is 0.600. The molecule has 6 heteroatoms. The van der Waals surface area contributed by atoms with E-state index < -0.39 is 5.72 Å². The topological polar surface area (TPSA) is 48.6 Å². The number of thioether (sulfide) groups is 2. The summed E-state index contributed by atoms with van der Waals surface area (Å²) in [7, 11) is 3.99. The quantitative estimate of drug-likeness (QED) is 0.536. The fourth-order valence-corrected chi connectivity index (χ4v) is 6.77. The van der Waals surface area contributed by atoms with E-state index in [1.807, 2.05) is 37.5 Å². The summed E-state index contributed by atoms with van der Waals surface area (Å²) in [4.78, 5) is 2.37. The van der Waals surface area contributed by atoms with Gasteiger partial charge in [0.05, 0.1) is 9.83 Å². The number of nitrogens with one attached hydrogen (secondary N) is 1. The van der Waals surface area contributed by atoms with E-state index in [4.69, 9.17) is 4.42 Å². The fourth-order valence-electron chi connectivity index (χ4n) is 4.29. The van der Waals surface area contributed by atoms with Crippen LogP contribution in [0.3, 0.4) is 0 Å². The first kappa shape index (κ1) is 24.7. The Hall–Kier alpha value is -0.920. The summed E-state index contributed by atoms with van der Waals surface area (Å²) in [5.74, 6) is 4.90. The van der Waals surface area contributed by atoms with E-state index in [1.165, 1.54) is 11.1 Å². The van der Waals surface area contributed by atoms with Gasteiger partial charge < -0.3 is 9.52 Å². The van der Waals surface area contributed by atoms with Crippen molar-refractivity contribution in [3.63, 3.8) is 0 Å². The Morgan fingerprint density at radius 1 is 1.26 bits per heavy atom. The van der Waals surface area contributed by atoms with E-state index in [1.54, 1.807) is 0 Å². The second-order valence-electron chi connectivity index (χ2n) is 9.20. The summed E-state index contributed by atoms with van der Waals surface area (Å²) in [5, 5.41) is 12.9. The molecule has 2 heterocycles. The van der Waals surface area contributed by atoms with Crippen molar-refractivity contribution in [3.8, 4) is 0 Å². The van der Waals surface area contributed by atoms with Gasteiger partial charge >= 0.3 is 0 Å². The standard InChI is InChI=1S/C13H19NO.C12H19NOS2.H2/c1-13(15,14-2)9-10-7-11-5-3-4-6-12(11)8-10;1-4-10-5-6-11(14-10)7-15-12(2)8-13(3)9-16-12;/h3-6,10,14-15H,7-9H2,1-2H3;5-6H,4,7-9H2,1-3H3;1H. The molecule has 2 atom stereocenters.